The second-order valence-electron chi connectivity index (χ2n) is 6.40. The molecule has 2 aliphatic rings. The predicted octanol–water partition coefficient (Wildman–Crippen LogP) is 1.74. The fraction of sp³-hybridized carbons (Fsp3) is 1.00. The molecule has 4 nitrogen and oxygen atoms in total. The van der Waals surface area contributed by atoms with Gasteiger partial charge in [0, 0.05) is 42.9 Å². The maximum absolute atomic E-state index is 12.0. The zero-order valence-corrected chi connectivity index (χ0v) is 14.0. The highest BCUT2D eigenvalue weighted by Crippen LogP contribution is 2.37. The van der Waals surface area contributed by atoms with E-state index in [1.807, 2.05) is 0 Å². The van der Waals surface area contributed by atoms with Crippen molar-refractivity contribution in [2.24, 2.45) is 5.41 Å². The minimum atomic E-state index is -3.05. The molecular formula is C14H27NO3S2. The molecule has 20 heavy (non-hydrogen) atoms. The summed E-state index contributed by atoms with van der Waals surface area (Å²) in [7, 11) is -3.05. The van der Waals surface area contributed by atoms with Gasteiger partial charge in [0.1, 0.15) is 5.37 Å². The second kappa shape index (κ2) is 6.99. The minimum Gasteiger partial charge on any atom is -0.396 e. The molecule has 1 saturated heterocycles. The number of sulfone groups is 1. The van der Waals surface area contributed by atoms with Gasteiger partial charge in [0.25, 0.3) is 0 Å². The van der Waals surface area contributed by atoms with Crippen LogP contribution in [0.2, 0.25) is 0 Å². The van der Waals surface area contributed by atoms with E-state index in [1.165, 1.54) is 19.1 Å². The van der Waals surface area contributed by atoms with Crippen LogP contribution >= 0.6 is 11.8 Å². The van der Waals surface area contributed by atoms with Gasteiger partial charge in [-0.15, -0.1) is 0 Å². The van der Waals surface area contributed by atoms with Crippen LogP contribution < -0.4 is 0 Å². The Bertz CT molecular complexity index is 403. The smallest absolute Gasteiger partial charge is 0.164 e. The molecule has 0 aromatic rings. The fourth-order valence-corrected chi connectivity index (χ4v) is 6.41. The molecule has 1 aliphatic heterocycles. The average molecular weight is 322 g/mol. The number of rotatable bonds is 4. The summed E-state index contributed by atoms with van der Waals surface area (Å²) < 4.78 is 24.0. The zero-order valence-electron chi connectivity index (χ0n) is 12.4. The van der Waals surface area contributed by atoms with Gasteiger partial charge in [-0.05, 0) is 12.8 Å². The third-order valence-corrected chi connectivity index (χ3v) is 7.41. The van der Waals surface area contributed by atoms with Crippen molar-refractivity contribution in [2.75, 3.05) is 37.5 Å². The first-order chi connectivity index (χ1) is 9.47. The summed E-state index contributed by atoms with van der Waals surface area (Å²) in [6.45, 7) is 1.75. The van der Waals surface area contributed by atoms with Crippen molar-refractivity contribution in [1.29, 1.82) is 0 Å². The molecule has 1 atom stereocenters. The molecule has 0 bridgehead atoms. The van der Waals surface area contributed by atoms with Crippen molar-refractivity contribution in [1.82, 2.24) is 4.90 Å². The Labute approximate surface area is 127 Å². The van der Waals surface area contributed by atoms with Gasteiger partial charge in [-0.25, -0.2) is 8.42 Å². The molecule has 0 aromatic carbocycles. The van der Waals surface area contributed by atoms with E-state index in [9.17, 15) is 13.5 Å². The van der Waals surface area contributed by atoms with Gasteiger partial charge < -0.3 is 5.11 Å². The molecule has 0 radical (unpaired) electrons. The molecule has 0 spiro atoms. The Balaban J connectivity index is 2.11. The lowest BCUT2D eigenvalue weighted by molar-refractivity contribution is 0.0578. The van der Waals surface area contributed by atoms with Gasteiger partial charge in [0.05, 0.1) is 0 Å². The Morgan fingerprint density at radius 2 is 1.90 bits per heavy atom. The first-order valence-corrected chi connectivity index (χ1v) is 10.7. The maximum atomic E-state index is 12.0. The molecule has 2 fully saturated rings. The highest BCUT2D eigenvalue weighted by atomic mass is 32.2. The standard InChI is InChI=1S/C14H27NO3S2/c1-20(17,18)13-10-19-9-8-15(13)11-14(12-16)6-4-2-3-5-7-14/h13,16H,2-12H2,1H3. The first-order valence-electron chi connectivity index (χ1n) is 7.58. The van der Waals surface area contributed by atoms with Gasteiger partial charge in [-0.2, -0.15) is 11.8 Å². The van der Waals surface area contributed by atoms with E-state index in [-0.39, 0.29) is 17.4 Å². The molecule has 1 heterocycles. The Kier molecular flexibility index (Phi) is 5.79. The third kappa shape index (κ3) is 4.12. The van der Waals surface area contributed by atoms with Crippen LogP contribution in [0.15, 0.2) is 0 Å². The monoisotopic (exact) mass is 321 g/mol. The molecule has 6 heteroatoms. The van der Waals surface area contributed by atoms with Gasteiger partial charge in [-0.3, -0.25) is 4.90 Å². The summed E-state index contributed by atoms with van der Waals surface area (Å²) in [6, 6.07) is 0. The topological polar surface area (TPSA) is 57.6 Å². The SMILES string of the molecule is CS(=O)(=O)C1CSCCN1CC1(CO)CCCCCC1. The van der Waals surface area contributed by atoms with E-state index in [2.05, 4.69) is 4.90 Å². The number of nitrogens with zero attached hydrogens (tertiary/aromatic N) is 1. The first kappa shape index (κ1) is 16.6. The van der Waals surface area contributed by atoms with E-state index in [4.69, 9.17) is 0 Å². The Morgan fingerprint density at radius 1 is 1.25 bits per heavy atom. The molecule has 1 N–H and O–H groups in total. The molecule has 0 aromatic heterocycles. The van der Waals surface area contributed by atoms with Crippen molar-refractivity contribution < 1.29 is 13.5 Å². The van der Waals surface area contributed by atoms with Crippen molar-refractivity contribution in [3.05, 3.63) is 0 Å². The van der Waals surface area contributed by atoms with E-state index in [1.54, 1.807) is 11.8 Å². The Hall–Kier alpha value is 0.220. The molecule has 1 saturated carbocycles. The lowest BCUT2D eigenvalue weighted by Crippen LogP contribution is -2.52. The highest BCUT2D eigenvalue weighted by Gasteiger charge is 2.38. The quantitative estimate of drug-likeness (QED) is 0.799. The number of thioether (sulfide) groups is 1. The fourth-order valence-electron chi connectivity index (χ4n) is 3.47. The summed E-state index contributed by atoms with van der Waals surface area (Å²) in [6.07, 6.45) is 8.21. The van der Waals surface area contributed by atoms with Gasteiger partial charge in [-0.1, -0.05) is 25.7 Å². The van der Waals surface area contributed by atoms with Crippen molar-refractivity contribution in [3.8, 4) is 0 Å². The van der Waals surface area contributed by atoms with Crippen LogP contribution in [0.3, 0.4) is 0 Å². The Morgan fingerprint density at radius 3 is 2.45 bits per heavy atom. The molecule has 118 valence electrons. The molecule has 1 aliphatic carbocycles. The van der Waals surface area contributed by atoms with E-state index in [0.717, 1.165) is 44.5 Å². The third-order valence-electron chi connectivity index (χ3n) is 4.72. The highest BCUT2D eigenvalue weighted by molar-refractivity contribution is 8.00. The normalized spacial score (nSPS) is 29.0. The predicted molar refractivity (Wildman–Crippen MR) is 84.8 cm³/mol. The van der Waals surface area contributed by atoms with E-state index in [0.29, 0.717) is 5.75 Å². The van der Waals surface area contributed by atoms with Crippen molar-refractivity contribution >= 4 is 21.6 Å². The maximum Gasteiger partial charge on any atom is 0.164 e. The summed E-state index contributed by atoms with van der Waals surface area (Å²) in [5.41, 5.74) is -0.0819. The molecule has 2 rings (SSSR count). The minimum absolute atomic E-state index is 0.0819. The van der Waals surface area contributed by atoms with E-state index < -0.39 is 9.84 Å². The van der Waals surface area contributed by atoms with Crippen molar-refractivity contribution in [2.45, 2.75) is 43.9 Å². The summed E-state index contributed by atoms with van der Waals surface area (Å²) in [5, 5.41) is 9.54. The van der Waals surface area contributed by atoms with Crippen LogP contribution in [-0.2, 0) is 9.84 Å². The van der Waals surface area contributed by atoms with Crippen LogP contribution in [-0.4, -0.2) is 61.3 Å². The summed E-state index contributed by atoms with van der Waals surface area (Å²) in [5.74, 6) is 1.66. The number of hydrogen-bond acceptors (Lipinski definition) is 5. The molecular weight excluding hydrogens is 294 g/mol. The van der Waals surface area contributed by atoms with Crippen LogP contribution in [0.1, 0.15) is 38.5 Å². The zero-order chi connectivity index (χ0) is 14.6. The lowest BCUT2D eigenvalue weighted by Gasteiger charge is -2.41. The number of aliphatic hydroxyl groups is 1. The van der Waals surface area contributed by atoms with Crippen molar-refractivity contribution in [3.63, 3.8) is 0 Å². The number of hydrogen-bond donors (Lipinski definition) is 1. The van der Waals surface area contributed by atoms with E-state index >= 15 is 0 Å². The largest absolute Gasteiger partial charge is 0.396 e. The summed E-state index contributed by atoms with van der Waals surface area (Å²) in [4.78, 5) is 2.12. The van der Waals surface area contributed by atoms with Gasteiger partial charge >= 0.3 is 0 Å². The molecule has 0 amide bonds. The molecule has 1 unspecified atom stereocenters. The van der Waals surface area contributed by atoms with Gasteiger partial charge in [0.15, 0.2) is 9.84 Å². The number of aliphatic hydroxyl groups excluding tert-OH is 1. The lowest BCUT2D eigenvalue weighted by atomic mass is 9.80. The van der Waals surface area contributed by atoms with Crippen LogP contribution in [0.5, 0.6) is 0 Å². The van der Waals surface area contributed by atoms with Crippen LogP contribution in [0.25, 0.3) is 0 Å². The average Bonchev–Trinajstić information content (AvgIpc) is 2.64. The van der Waals surface area contributed by atoms with Crippen LogP contribution in [0, 0.1) is 5.41 Å². The summed E-state index contributed by atoms with van der Waals surface area (Å²) >= 11 is 1.72. The van der Waals surface area contributed by atoms with Gasteiger partial charge in [0.2, 0.25) is 0 Å². The second-order valence-corrected chi connectivity index (χ2v) is 9.75. The van der Waals surface area contributed by atoms with Crippen LogP contribution in [0.4, 0.5) is 0 Å².